The molecule has 29 heavy (non-hydrogen) atoms. The molecule has 8 heteroatoms. The molecule has 0 saturated carbocycles. The molecule has 0 unspecified atom stereocenters. The highest BCUT2D eigenvalue weighted by atomic mass is 79.9. The summed E-state index contributed by atoms with van der Waals surface area (Å²) in [5.74, 6) is 0.506. The zero-order chi connectivity index (χ0) is 21.1. The Kier molecular flexibility index (Phi) is 6.03. The van der Waals surface area contributed by atoms with Crippen LogP contribution in [0.15, 0.2) is 50.7 Å². The average molecular weight is 457 g/mol. The van der Waals surface area contributed by atoms with Crippen LogP contribution in [0.3, 0.4) is 0 Å². The zero-order valence-electron chi connectivity index (χ0n) is 16.5. The number of halogens is 1. The van der Waals surface area contributed by atoms with E-state index in [1.54, 1.807) is 25.1 Å². The number of nitrogens with one attached hydrogen (secondary N) is 2. The molecule has 150 valence electrons. The SMILES string of the molecule is COc1ccc(Br)cc1NC(=O)/N=C/c1c(C)[nH]n(-c2ccc(C)cc2C)c1=O. The van der Waals surface area contributed by atoms with Gasteiger partial charge in [-0.1, -0.05) is 33.6 Å². The fourth-order valence-corrected chi connectivity index (χ4v) is 3.35. The number of carbonyl (C=O) groups is 1. The molecule has 0 bridgehead atoms. The lowest BCUT2D eigenvalue weighted by atomic mass is 10.1. The zero-order valence-corrected chi connectivity index (χ0v) is 18.1. The maximum Gasteiger partial charge on any atom is 0.345 e. The summed E-state index contributed by atoms with van der Waals surface area (Å²) >= 11 is 3.35. The number of aliphatic imine (C=N–C) groups is 1. The number of benzene rings is 2. The quantitative estimate of drug-likeness (QED) is 0.565. The maximum absolute atomic E-state index is 12.8. The molecule has 2 N–H and O–H groups in total. The highest BCUT2D eigenvalue weighted by Gasteiger charge is 2.13. The lowest BCUT2D eigenvalue weighted by Gasteiger charge is -2.08. The van der Waals surface area contributed by atoms with Crippen LogP contribution in [0, 0.1) is 20.8 Å². The molecule has 0 aliphatic carbocycles. The number of anilines is 1. The Bertz CT molecular complexity index is 1160. The van der Waals surface area contributed by atoms with Gasteiger partial charge in [0, 0.05) is 16.4 Å². The molecule has 3 aromatic rings. The van der Waals surface area contributed by atoms with E-state index in [0.717, 1.165) is 21.3 Å². The van der Waals surface area contributed by atoms with Crippen molar-refractivity contribution in [1.29, 1.82) is 0 Å². The summed E-state index contributed by atoms with van der Waals surface area (Å²) in [6, 6.07) is 10.5. The number of aromatic nitrogens is 2. The Balaban J connectivity index is 1.86. The van der Waals surface area contributed by atoms with Crippen LogP contribution in [0.5, 0.6) is 5.75 Å². The number of hydrogen-bond donors (Lipinski definition) is 2. The third kappa shape index (κ3) is 4.48. The van der Waals surface area contributed by atoms with Gasteiger partial charge in [-0.3, -0.25) is 9.89 Å². The molecule has 0 fully saturated rings. The molecule has 0 saturated heterocycles. The number of H-pyrrole nitrogens is 1. The van der Waals surface area contributed by atoms with Crippen LogP contribution in [0.4, 0.5) is 10.5 Å². The molecule has 2 amide bonds. The highest BCUT2D eigenvalue weighted by molar-refractivity contribution is 9.10. The van der Waals surface area contributed by atoms with Crippen LogP contribution >= 0.6 is 15.9 Å². The molecule has 0 aliphatic heterocycles. The second-order valence-electron chi connectivity index (χ2n) is 6.61. The van der Waals surface area contributed by atoms with E-state index in [9.17, 15) is 9.59 Å². The Labute approximate surface area is 176 Å². The summed E-state index contributed by atoms with van der Waals surface area (Å²) in [5, 5.41) is 5.70. The predicted octanol–water partition coefficient (Wildman–Crippen LogP) is 4.51. The van der Waals surface area contributed by atoms with Gasteiger partial charge in [0.15, 0.2) is 0 Å². The average Bonchev–Trinajstić information content (AvgIpc) is 2.94. The van der Waals surface area contributed by atoms with Crippen molar-refractivity contribution in [2.24, 2.45) is 4.99 Å². The summed E-state index contributed by atoms with van der Waals surface area (Å²) in [5.41, 5.74) is 3.98. The maximum atomic E-state index is 12.8. The summed E-state index contributed by atoms with van der Waals surface area (Å²) in [6.45, 7) is 5.70. The lowest BCUT2D eigenvalue weighted by Crippen LogP contribution is -2.18. The monoisotopic (exact) mass is 456 g/mol. The van der Waals surface area contributed by atoms with E-state index in [4.69, 9.17) is 4.74 Å². The van der Waals surface area contributed by atoms with Crippen LogP contribution in [0.2, 0.25) is 0 Å². The first kappa shape index (κ1) is 20.6. The normalized spacial score (nSPS) is 11.1. The minimum atomic E-state index is -0.612. The number of amides is 2. The first-order chi connectivity index (χ1) is 13.8. The molecule has 0 spiro atoms. The van der Waals surface area contributed by atoms with Gasteiger partial charge in [-0.15, -0.1) is 0 Å². The van der Waals surface area contributed by atoms with E-state index < -0.39 is 6.03 Å². The topological polar surface area (TPSA) is 88.5 Å². The Morgan fingerprint density at radius 3 is 2.66 bits per heavy atom. The number of carbonyl (C=O) groups excluding carboxylic acids is 1. The Morgan fingerprint density at radius 2 is 1.97 bits per heavy atom. The number of urea groups is 1. The van der Waals surface area contributed by atoms with Gasteiger partial charge in [0.1, 0.15) is 5.75 Å². The van der Waals surface area contributed by atoms with Crippen molar-refractivity contribution in [1.82, 2.24) is 9.78 Å². The first-order valence-electron chi connectivity index (χ1n) is 8.88. The molecule has 0 radical (unpaired) electrons. The third-order valence-corrected chi connectivity index (χ3v) is 4.92. The molecule has 0 aliphatic rings. The minimum absolute atomic E-state index is 0.272. The molecule has 1 aromatic heterocycles. The summed E-state index contributed by atoms with van der Waals surface area (Å²) in [7, 11) is 1.51. The predicted molar refractivity (Wildman–Crippen MR) is 118 cm³/mol. The van der Waals surface area contributed by atoms with E-state index in [0.29, 0.717) is 22.7 Å². The van der Waals surface area contributed by atoms with Crippen molar-refractivity contribution in [3.63, 3.8) is 0 Å². The van der Waals surface area contributed by atoms with E-state index in [2.05, 4.69) is 31.3 Å². The van der Waals surface area contributed by atoms with Gasteiger partial charge in [-0.2, -0.15) is 0 Å². The second-order valence-corrected chi connectivity index (χ2v) is 7.53. The second kappa shape index (κ2) is 8.48. The van der Waals surface area contributed by atoms with Crippen LogP contribution in [-0.2, 0) is 0 Å². The van der Waals surface area contributed by atoms with Gasteiger partial charge in [0.05, 0.1) is 24.0 Å². The molecular formula is C21H21BrN4O3. The standard InChI is InChI=1S/C21H21BrN4O3/c1-12-5-7-18(13(2)9-12)26-20(27)16(14(3)25-26)11-23-21(28)24-17-10-15(22)6-8-19(17)29-4/h5-11,25H,1-4H3,(H,24,28)/b23-11+. The van der Waals surface area contributed by atoms with Crippen molar-refractivity contribution in [3.8, 4) is 11.4 Å². The number of aromatic amines is 1. The van der Waals surface area contributed by atoms with Gasteiger partial charge in [0.25, 0.3) is 5.56 Å². The molecule has 7 nitrogen and oxygen atoms in total. The Hall–Kier alpha value is -3.13. The van der Waals surface area contributed by atoms with Crippen molar-refractivity contribution in [2.45, 2.75) is 20.8 Å². The summed E-state index contributed by atoms with van der Waals surface area (Å²) < 4.78 is 7.47. The molecular weight excluding hydrogens is 436 g/mol. The summed E-state index contributed by atoms with van der Waals surface area (Å²) in [6.07, 6.45) is 1.27. The van der Waals surface area contributed by atoms with Crippen LogP contribution in [-0.4, -0.2) is 29.1 Å². The van der Waals surface area contributed by atoms with Gasteiger partial charge in [-0.05, 0) is 50.6 Å². The number of aryl methyl sites for hydroxylation is 3. The van der Waals surface area contributed by atoms with E-state index >= 15 is 0 Å². The minimum Gasteiger partial charge on any atom is -0.495 e. The molecule has 1 heterocycles. The molecule has 0 atom stereocenters. The smallest absolute Gasteiger partial charge is 0.345 e. The van der Waals surface area contributed by atoms with Crippen molar-refractivity contribution < 1.29 is 9.53 Å². The number of rotatable bonds is 4. The lowest BCUT2D eigenvalue weighted by molar-refractivity contribution is 0.259. The largest absolute Gasteiger partial charge is 0.495 e. The molecule has 2 aromatic carbocycles. The van der Waals surface area contributed by atoms with Crippen LogP contribution in [0.25, 0.3) is 5.69 Å². The Morgan fingerprint density at radius 1 is 1.21 bits per heavy atom. The van der Waals surface area contributed by atoms with Crippen molar-refractivity contribution in [2.75, 3.05) is 12.4 Å². The van der Waals surface area contributed by atoms with E-state index in [1.807, 2.05) is 32.0 Å². The summed E-state index contributed by atoms with van der Waals surface area (Å²) in [4.78, 5) is 29.0. The van der Waals surface area contributed by atoms with Crippen LogP contribution in [0.1, 0.15) is 22.4 Å². The van der Waals surface area contributed by atoms with Gasteiger partial charge < -0.3 is 10.1 Å². The van der Waals surface area contributed by atoms with Crippen molar-refractivity contribution >= 4 is 33.9 Å². The fraction of sp³-hybridized carbons (Fsp3) is 0.190. The highest BCUT2D eigenvalue weighted by Crippen LogP contribution is 2.27. The van der Waals surface area contributed by atoms with E-state index in [-0.39, 0.29) is 5.56 Å². The number of nitrogens with zero attached hydrogens (tertiary/aromatic N) is 2. The first-order valence-corrected chi connectivity index (χ1v) is 9.67. The number of methoxy groups -OCH3 is 1. The van der Waals surface area contributed by atoms with Gasteiger partial charge in [0.2, 0.25) is 0 Å². The van der Waals surface area contributed by atoms with Crippen LogP contribution < -0.4 is 15.6 Å². The number of hydrogen-bond acceptors (Lipinski definition) is 3. The van der Waals surface area contributed by atoms with Gasteiger partial charge in [-0.25, -0.2) is 14.5 Å². The van der Waals surface area contributed by atoms with Crippen molar-refractivity contribution in [3.05, 3.63) is 73.6 Å². The van der Waals surface area contributed by atoms with Gasteiger partial charge >= 0.3 is 6.03 Å². The van der Waals surface area contributed by atoms with E-state index in [1.165, 1.54) is 18.0 Å². The fourth-order valence-electron chi connectivity index (χ4n) is 2.99. The molecule has 3 rings (SSSR count). The third-order valence-electron chi connectivity index (χ3n) is 4.42. The number of ether oxygens (including phenoxy) is 1.